The number of carbonyl (C=O) groups excluding carboxylic acids is 1. The number of hydrogen-bond donors (Lipinski definition) is 2. The van der Waals surface area contributed by atoms with Crippen LogP contribution in [0.4, 0.5) is 0 Å². The zero-order chi connectivity index (χ0) is 13.1. The Balaban J connectivity index is 2.94. The van der Waals surface area contributed by atoms with Crippen molar-refractivity contribution in [2.45, 2.75) is 19.4 Å². The van der Waals surface area contributed by atoms with Crippen LogP contribution in [0.15, 0.2) is 24.3 Å². The number of carboxylic acid groups (broad SMARTS) is 1. The molecule has 0 atom stereocenters. The fourth-order valence-corrected chi connectivity index (χ4v) is 1.24. The lowest BCUT2D eigenvalue weighted by molar-refractivity contribution is -0.143. The van der Waals surface area contributed by atoms with Gasteiger partial charge < -0.3 is 15.2 Å². The molecule has 0 saturated heterocycles. The quantitative estimate of drug-likeness (QED) is 0.827. The van der Waals surface area contributed by atoms with E-state index in [4.69, 9.17) is 9.84 Å². The van der Waals surface area contributed by atoms with Crippen molar-refractivity contribution < 1.29 is 19.4 Å². The van der Waals surface area contributed by atoms with Crippen molar-refractivity contribution in [1.29, 1.82) is 0 Å². The Morgan fingerprint density at radius 1 is 1.29 bits per heavy atom. The number of aliphatic carboxylic acids is 1. The molecule has 1 rings (SSSR count). The van der Waals surface area contributed by atoms with Gasteiger partial charge in [-0.25, -0.2) is 4.79 Å². The van der Waals surface area contributed by atoms with E-state index in [1.165, 1.54) is 21.0 Å². The second-order valence-corrected chi connectivity index (χ2v) is 4.08. The van der Waals surface area contributed by atoms with Crippen LogP contribution in [0.25, 0.3) is 0 Å². The Morgan fingerprint density at radius 3 is 2.41 bits per heavy atom. The summed E-state index contributed by atoms with van der Waals surface area (Å²) in [6, 6.07) is 6.64. The highest BCUT2D eigenvalue weighted by Gasteiger charge is 2.30. The molecule has 1 aromatic carbocycles. The lowest BCUT2D eigenvalue weighted by Gasteiger charge is -2.21. The Bertz CT molecular complexity index is 440. The number of para-hydroxylation sites is 1. The molecule has 1 aromatic rings. The van der Waals surface area contributed by atoms with Gasteiger partial charge in [-0.15, -0.1) is 0 Å². The normalized spacial score (nSPS) is 10.8. The van der Waals surface area contributed by atoms with E-state index in [9.17, 15) is 9.59 Å². The molecule has 0 aliphatic rings. The summed E-state index contributed by atoms with van der Waals surface area (Å²) in [5.74, 6) is -1.17. The predicted molar refractivity (Wildman–Crippen MR) is 62.2 cm³/mol. The maximum atomic E-state index is 11.9. The van der Waals surface area contributed by atoms with Crippen molar-refractivity contribution in [2.24, 2.45) is 0 Å². The molecule has 92 valence electrons. The Labute approximate surface area is 99.4 Å². The van der Waals surface area contributed by atoms with Crippen LogP contribution in [0, 0.1) is 0 Å². The van der Waals surface area contributed by atoms with Crippen molar-refractivity contribution in [1.82, 2.24) is 5.32 Å². The van der Waals surface area contributed by atoms with Crippen LogP contribution in [-0.4, -0.2) is 29.6 Å². The zero-order valence-corrected chi connectivity index (χ0v) is 9.98. The van der Waals surface area contributed by atoms with Gasteiger partial charge in [-0.3, -0.25) is 4.79 Å². The number of carboxylic acids is 1. The molecule has 2 N–H and O–H groups in total. The van der Waals surface area contributed by atoms with Gasteiger partial charge in [0.15, 0.2) is 0 Å². The standard InChI is InChI=1S/C12H15NO4/c1-12(2,11(15)16)13-10(14)8-6-4-5-7-9(8)17-3/h4-7H,1-3H3,(H,13,14)(H,15,16). The van der Waals surface area contributed by atoms with Gasteiger partial charge in [0.05, 0.1) is 12.7 Å². The smallest absolute Gasteiger partial charge is 0.328 e. The van der Waals surface area contributed by atoms with E-state index in [2.05, 4.69) is 5.32 Å². The molecule has 0 aromatic heterocycles. The fraction of sp³-hybridized carbons (Fsp3) is 0.333. The van der Waals surface area contributed by atoms with Gasteiger partial charge in [-0.05, 0) is 26.0 Å². The van der Waals surface area contributed by atoms with E-state index < -0.39 is 17.4 Å². The zero-order valence-electron chi connectivity index (χ0n) is 9.98. The van der Waals surface area contributed by atoms with Gasteiger partial charge in [0.1, 0.15) is 11.3 Å². The molecule has 1 amide bonds. The van der Waals surface area contributed by atoms with Crippen molar-refractivity contribution >= 4 is 11.9 Å². The number of methoxy groups -OCH3 is 1. The van der Waals surface area contributed by atoms with Gasteiger partial charge in [0, 0.05) is 0 Å². The number of ether oxygens (including phenoxy) is 1. The second kappa shape index (κ2) is 4.86. The molecule has 0 aliphatic carbocycles. The average molecular weight is 237 g/mol. The Kier molecular flexibility index (Phi) is 3.73. The summed E-state index contributed by atoms with van der Waals surface area (Å²) in [4.78, 5) is 22.8. The van der Waals surface area contributed by atoms with Gasteiger partial charge in [0.25, 0.3) is 5.91 Å². The molecule has 0 aliphatic heterocycles. The number of rotatable bonds is 4. The molecule has 5 heteroatoms. The van der Waals surface area contributed by atoms with Crippen molar-refractivity contribution in [2.75, 3.05) is 7.11 Å². The molecule has 0 heterocycles. The molecule has 0 saturated carbocycles. The van der Waals surface area contributed by atoms with Crippen LogP contribution < -0.4 is 10.1 Å². The largest absolute Gasteiger partial charge is 0.496 e. The van der Waals surface area contributed by atoms with E-state index in [1.54, 1.807) is 24.3 Å². The number of nitrogens with one attached hydrogen (secondary N) is 1. The van der Waals surface area contributed by atoms with Crippen LogP contribution in [0.3, 0.4) is 0 Å². The summed E-state index contributed by atoms with van der Waals surface area (Å²) in [6.45, 7) is 2.84. The summed E-state index contributed by atoms with van der Waals surface area (Å²) in [6.07, 6.45) is 0. The maximum absolute atomic E-state index is 11.9. The minimum Gasteiger partial charge on any atom is -0.496 e. The Hall–Kier alpha value is -2.04. The first-order chi connectivity index (χ1) is 7.88. The molecular weight excluding hydrogens is 222 g/mol. The van der Waals surface area contributed by atoms with E-state index in [0.717, 1.165) is 0 Å². The highest BCUT2D eigenvalue weighted by molar-refractivity contribution is 5.99. The lowest BCUT2D eigenvalue weighted by Crippen LogP contribution is -2.49. The van der Waals surface area contributed by atoms with Crippen LogP contribution >= 0.6 is 0 Å². The minimum atomic E-state index is -1.32. The molecule has 0 bridgehead atoms. The van der Waals surface area contributed by atoms with E-state index in [1.807, 2.05) is 0 Å². The lowest BCUT2D eigenvalue weighted by atomic mass is 10.0. The molecule has 0 spiro atoms. The van der Waals surface area contributed by atoms with Gasteiger partial charge in [0.2, 0.25) is 0 Å². The van der Waals surface area contributed by atoms with Crippen molar-refractivity contribution in [3.63, 3.8) is 0 Å². The van der Waals surface area contributed by atoms with Gasteiger partial charge in [-0.1, -0.05) is 12.1 Å². The van der Waals surface area contributed by atoms with Crippen LogP contribution in [0.5, 0.6) is 5.75 Å². The molecule has 0 unspecified atom stereocenters. The molecule has 0 fully saturated rings. The summed E-state index contributed by atoms with van der Waals surface area (Å²) < 4.78 is 5.03. The van der Waals surface area contributed by atoms with E-state index >= 15 is 0 Å². The van der Waals surface area contributed by atoms with Crippen LogP contribution in [0.1, 0.15) is 24.2 Å². The number of carbonyl (C=O) groups is 2. The first kappa shape index (κ1) is 13.0. The van der Waals surface area contributed by atoms with Crippen molar-refractivity contribution in [3.8, 4) is 5.75 Å². The third kappa shape index (κ3) is 2.96. The molecule has 17 heavy (non-hydrogen) atoms. The third-order valence-corrected chi connectivity index (χ3v) is 2.31. The summed E-state index contributed by atoms with van der Waals surface area (Å²) in [7, 11) is 1.45. The van der Waals surface area contributed by atoms with Gasteiger partial charge in [-0.2, -0.15) is 0 Å². The number of benzene rings is 1. The summed E-state index contributed by atoms with van der Waals surface area (Å²) in [5.41, 5.74) is -1.01. The number of hydrogen-bond acceptors (Lipinski definition) is 3. The van der Waals surface area contributed by atoms with E-state index in [-0.39, 0.29) is 0 Å². The predicted octanol–water partition coefficient (Wildman–Crippen LogP) is 1.29. The topological polar surface area (TPSA) is 75.6 Å². The Morgan fingerprint density at radius 2 is 1.88 bits per heavy atom. The SMILES string of the molecule is COc1ccccc1C(=O)NC(C)(C)C(=O)O. The summed E-state index contributed by atoms with van der Waals surface area (Å²) >= 11 is 0. The van der Waals surface area contributed by atoms with Crippen molar-refractivity contribution in [3.05, 3.63) is 29.8 Å². The fourth-order valence-electron chi connectivity index (χ4n) is 1.24. The minimum absolute atomic E-state index is 0.310. The first-order valence-corrected chi connectivity index (χ1v) is 5.07. The van der Waals surface area contributed by atoms with E-state index in [0.29, 0.717) is 11.3 Å². The number of amides is 1. The third-order valence-electron chi connectivity index (χ3n) is 2.31. The monoisotopic (exact) mass is 237 g/mol. The maximum Gasteiger partial charge on any atom is 0.328 e. The molecule has 5 nitrogen and oxygen atoms in total. The highest BCUT2D eigenvalue weighted by Crippen LogP contribution is 2.18. The van der Waals surface area contributed by atoms with Gasteiger partial charge >= 0.3 is 5.97 Å². The average Bonchev–Trinajstić information content (AvgIpc) is 2.28. The molecule has 0 radical (unpaired) electrons. The first-order valence-electron chi connectivity index (χ1n) is 5.07. The second-order valence-electron chi connectivity index (χ2n) is 4.08. The summed E-state index contributed by atoms with van der Waals surface area (Å²) in [5, 5.41) is 11.3. The highest BCUT2D eigenvalue weighted by atomic mass is 16.5. The van der Waals surface area contributed by atoms with Crippen LogP contribution in [-0.2, 0) is 4.79 Å². The van der Waals surface area contributed by atoms with Crippen LogP contribution in [0.2, 0.25) is 0 Å². The molecular formula is C12H15NO4.